The number of hydrogen-bond donors (Lipinski definition) is 2. The van der Waals surface area contributed by atoms with Crippen LogP contribution >= 0.6 is 0 Å². The van der Waals surface area contributed by atoms with Crippen molar-refractivity contribution in [2.24, 2.45) is 5.92 Å². The molecule has 0 spiro atoms. The van der Waals surface area contributed by atoms with Crippen LogP contribution in [0.3, 0.4) is 0 Å². The van der Waals surface area contributed by atoms with Gasteiger partial charge in [-0.05, 0) is 64.3 Å². The fourth-order valence-electron chi connectivity index (χ4n) is 4.55. The third-order valence-corrected chi connectivity index (χ3v) is 5.86. The van der Waals surface area contributed by atoms with Crippen LogP contribution in [0, 0.1) is 12.8 Å². The molecule has 7 nitrogen and oxygen atoms in total. The zero-order valence-electron chi connectivity index (χ0n) is 21.4. The van der Waals surface area contributed by atoms with Crippen molar-refractivity contribution in [3.63, 3.8) is 0 Å². The number of hydrogen-bond acceptors (Lipinski definition) is 5. The van der Waals surface area contributed by atoms with Crippen LogP contribution in [0.4, 0.5) is 0 Å². The Hall–Kier alpha value is -2.12. The first-order valence-electron chi connectivity index (χ1n) is 11.9. The van der Waals surface area contributed by atoms with E-state index in [-0.39, 0.29) is 5.92 Å². The van der Waals surface area contributed by atoms with Gasteiger partial charge in [0.15, 0.2) is 0 Å². The number of aromatic carboxylic acids is 1. The molecule has 1 saturated heterocycles. The number of aliphatic hydroxyl groups is 1. The Morgan fingerprint density at radius 3 is 2.25 bits per heavy atom. The molecule has 0 radical (unpaired) electrons. The minimum atomic E-state index is -0.930. The molecular weight excluding hydrogens is 406 g/mol. The standard InChI is InChI=1S/C21H31N3O4.2C2H6/c1-13(15-8-10-23(11-9-15)12-21(3,4)27)19-14(2)18(20(25)26)16-6-7-17(28-5)22-24(16)19;2*1-2/h6-7,13,15,27H,8-12H2,1-5H3,(H,25,26);2*1-2H3. The van der Waals surface area contributed by atoms with Crippen LogP contribution in [-0.2, 0) is 0 Å². The molecule has 2 aromatic rings. The van der Waals surface area contributed by atoms with Gasteiger partial charge in [0.25, 0.3) is 0 Å². The highest BCUT2D eigenvalue weighted by molar-refractivity contribution is 5.98. The Labute approximate surface area is 193 Å². The van der Waals surface area contributed by atoms with E-state index in [4.69, 9.17) is 4.74 Å². The van der Waals surface area contributed by atoms with E-state index in [0.717, 1.165) is 37.2 Å². The van der Waals surface area contributed by atoms with Gasteiger partial charge in [-0.1, -0.05) is 34.6 Å². The second-order valence-corrected chi connectivity index (χ2v) is 8.58. The summed E-state index contributed by atoms with van der Waals surface area (Å²) in [6, 6.07) is 3.47. The van der Waals surface area contributed by atoms with Crippen molar-refractivity contribution in [3.8, 4) is 5.88 Å². The number of carboxylic acids is 1. The third-order valence-electron chi connectivity index (χ3n) is 5.86. The van der Waals surface area contributed by atoms with E-state index < -0.39 is 11.6 Å². The van der Waals surface area contributed by atoms with E-state index in [2.05, 4.69) is 16.9 Å². The SMILES string of the molecule is CC.CC.COc1ccc2c(C(=O)O)c(C)c(C(C)C3CCN(CC(C)(C)O)CC3)n2n1. The zero-order chi connectivity index (χ0) is 24.6. The maximum Gasteiger partial charge on any atom is 0.338 e. The number of piperidine rings is 1. The monoisotopic (exact) mass is 449 g/mol. The first kappa shape index (κ1) is 27.9. The molecule has 0 amide bonds. The third kappa shape index (κ3) is 6.45. The van der Waals surface area contributed by atoms with E-state index in [1.807, 2.05) is 48.5 Å². The van der Waals surface area contributed by atoms with E-state index in [0.29, 0.717) is 29.4 Å². The normalized spacial score (nSPS) is 15.9. The number of ether oxygens (including phenoxy) is 1. The van der Waals surface area contributed by atoms with Crippen molar-refractivity contribution in [1.29, 1.82) is 0 Å². The molecule has 1 aliphatic heterocycles. The van der Waals surface area contributed by atoms with Crippen LogP contribution in [0.5, 0.6) is 5.88 Å². The lowest BCUT2D eigenvalue weighted by Gasteiger charge is -2.37. The Morgan fingerprint density at radius 1 is 1.22 bits per heavy atom. The second kappa shape index (κ2) is 12.2. The van der Waals surface area contributed by atoms with Crippen LogP contribution in [0.2, 0.25) is 0 Å². The minimum absolute atomic E-state index is 0.171. The lowest BCUT2D eigenvalue weighted by Crippen LogP contribution is -2.43. The Bertz CT molecular complexity index is 862. The molecule has 3 rings (SSSR count). The smallest absolute Gasteiger partial charge is 0.338 e. The Kier molecular flexibility index (Phi) is 10.6. The predicted octanol–water partition coefficient (Wildman–Crippen LogP) is 4.99. The summed E-state index contributed by atoms with van der Waals surface area (Å²) in [5, 5.41) is 24.3. The van der Waals surface area contributed by atoms with Gasteiger partial charge in [0.05, 0.1) is 23.8 Å². The number of nitrogens with zero attached hydrogens (tertiary/aromatic N) is 3. The minimum Gasteiger partial charge on any atom is -0.480 e. The molecule has 2 N–H and O–H groups in total. The molecule has 7 heteroatoms. The molecule has 1 fully saturated rings. The molecule has 3 heterocycles. The Balaban J connectivity index is 0.00000121. The molecule has 0 saturated carbocycles. The van der Waals surface area contributed by atoms with E-state index in [1.165, 1.54) is 0 Å². The first-order valence-corrected chi connectivity index (χ1v) is 11.9. The molecule has 0 aromatic carbocycles. The van der Waals surface area contributed by atoms with Gasteiger partial charge in [0.2, 0.25) is 5.88 Å². The predicted molar refractivity (Wildman–Crippen MR) is 130 cm³/mol. The van der Waals surface area contributed by atoms with Gasteiger partial charge in [-0.3, -0.25) is 0 Å². The number of aromatic nitrogens is 2. The summed E-state index contributed by atoms with van der Waals surface area (Å²) in [7, 11) is 1.56. The van der Waals surface area contributed by atoms with Crippen molar-refractivity contribution >= 4 is 11.5 Å². The topological polar surface area (TPSA) is 87.3 Å². The molecule has 0 bridgehead atoms. The second-order valence-electron chi connectivity index (χ2n) is 8.58. The highest BCUT2D eigenvalue weighted by atomic mass is 16.5. The summed E-state index contributed by atoms with van der Waals surface area (Å²) in [5.41, 5.74) is 1.96. The van der Waals surface area contributed by atoms with E-state index in [1.54, 1.807) is 23.8 Å². The fraction of sp³-hybridized carbons (Fsp3) is 0.680. The zero-order valence-corrected chi connectivity index (χ0v) is 21.4. The molecular formula is C25H43N3O4. The molecule has 1 atom stereocenters. The quantitative estimate of drug-likeness (QED) is 0.646. The van der Waals surface area contributed by atoms with Gasteiger partial charge in [0.1, 0.15) is 0 Å². The molecule has 182 valence electrons. The lowest BCUT2D eigenvalue weighted by molar-refractivity contribution is 0.0229. The van der Waals surface area contributed by atoms with Crippen LogP contribution in [0.1, 0.15) is 88.8 Å². The van der Waals surface area contributed by atoms with Crippen molar-refractivity contribution in [2.75, 3.05) is 26.7 Å². The summed E-state index contributed by atoms with van der Waals surface area (Å²) in [4.78, 5) is 14.2. The van der Waals surface area contributed by atoms with Crippen molar-refractivity contribution < 1.29 is 19.7 Å². The highest BCUT2D eigenvalue weighted by Gasteiger charge is 2.32. The highest BCUT2D eigenvalue weighted by Crippen LogP contribution is 2.37. The van der Waals surface area contributed by atoms with Crippen molar-refractivity contribution in [2.45, 2.75) is 79.8 Å². The summed E-state index contributed by atoms with van der Waals surface area (Å²) in [5.74, 6) is 0.141. The van der Waals surface area contributed by atoms with Crippen LogP contribution in [-0.4, -0.2) is 63.0 Å². The largest absolute Gasteiger partial charge is 0.480 e. The van der Waals surface area contributed by atoms with E-state index in [9.17, 15) is 15.0 Å². The molecule has 2 aromatic heterocycles. The average molecular weight is 450 g/mol. The summed E-state index contributed by atoms with van der Waals surface area (Å²) >= 11 is 0. The molecule has 0 aliphatic carbocycles. The van der Waals surface area contributed by atoms with Crippen LogP contribution < -0.4 is 4.74 Å². The number of likely N-dealkylation sites (tertiary alicyclic amines) is 1. The van der Waals surface area contributed by atoms with Crippen LogP contribution in [0.15, 0.2) is 12.1 Å². The van der Waals surface area contributed by atoms with Gasteiger partial charge in [-0.25, -0.2) is 9.31 Å². The summed E-state index contributed by atoms with van der Waals surface area (Å²) < 4.78 is 7.02. The maximum absolute atomic E-state index is 11.9. The average Bonchev–Trinajstić information content (AvgIpc) is 3.06. The number of methoxy groups -OCH3 is 1. The maximum atomic E-state index is 11.9. The lowest BCUT2D eigenvalue weighted by atomic mass is 9.82. The Morgan fingerprint density at radius 2 is 1.78 bits per heavy atom. The molecule has 1 unspecified atom stereocenters. The van der Waals surface area contributed by atoms with Crippen molar-refractivity contribution in [3.05, 3.63) is 29.0 Å². The van der Waals surface area contributed by atoms with Gasteiger partial charge in [-0.15, -0.1) is 5.10 Å². The van der Waals surface area contributed by atoms with Gasteiger partial charge in [-0.2, -0.15) is 0 Å². The number of rotatable bonds is 6. The first-order chi connectivity index (χ1) is 15.1. The van der Waals surface area contributed by atoms with Crippen LogP contribution in [0.25, 0.3) is 5.52 Å². The number of fused-ring (bicyclic) bond motifs is 1. The van der Waals surface area contributed by atoms with Gasteiger partial charge in [0, 0.05) is 24.2 Å². The summed E-state index contributed by atoms with van der Waals surface area (Å²) in [6.07, 6.45) is 2.02. The number of β-amino-alcohol motifs (C(OH)–C–C–N with tert-alkyl or cyclic N) is 1. The van der Waals surface area contributed by atoms with Gasteiger partial charge < -0.3 is 19.8 Å². The number of carbonyl (C=O) groups is 1. The van der Waals surface area contributed by atoms with Crippen molar-refractivity contribution in [1.82, 2.24) is 14.5 Å². The summed E-state index contributed by atoms with van der Waals surface area (Å²) in [6.45, 7) is 18.3. The fourth-order valence-corrected chi connectivity index (χ4v) is 4.55. The molecule has 1 aliphatic rings. The van der Waals surface area contributed by atoms with E-state index >= 15 is 0 Å². The number of carboxylic acid groups (broad SMARTS) is 1. The van der Waals surface area contributed by atoms with Gasteiger partial charge >= 0.3 is 5.97 Å². The molecule has 32 heavy (non-hydrogen) atoms.